The Morgan fingerprint density at radius 3 is 2.35 bits per heavy atom. The van der Waals surface area contributed by atoms with Crippen LogP contribution in [0.1, 0.15) is 16.7 Å². The lowest BCUT2D eigenvalue weighted by molar-refractivity contribution is -0.123. The lowest BCUT2D eigenvalue weighted by Crippen LogP contribution is -2.30. The average molecular weight is 327 g/mol. The number of imide groups is 1. The fraction of sp³-hybridized carbons (Fsp3) is 0.111. The van der Waals surface area contributed by atoms with Crippen LogP contribution in [0.2, 0.25) is 5.02 Å². The van der Waals surface area contributed by atoms with Crippen LogP contribution in [0.3, 0.4) is 0 Å². The summed E-state index contributed by atoms with van der Waals surface area (Å²) in [5.74, 6) is -0.328. The molecular weight excluding hydrogens is 312 g/mol. The monoisotopic (exact) mass is 326 g/mol. The van der Waals surface area contributed by atoms with Gasteiger partial charge in [0.15, 0.2) is 0 Å². The Kier molecular flexibility index (Phi) is 4.17. The molecule has 5 heteroatoms. The van der Waals surface area contributed by atoms with Crippen molar-refractivity contribution in [2.45, 2.75) is 13.5 Å². The van der Waals surface area contributed by atoms with Crippen LogP contribution >= 0.6 is 11.6 Å². The number of nitrogens with zero attached hydrogens (tertiary/aromatic N) is 1. The molecule has 1 N–H and O–H groups in total. The minimum atomic E-state index is -0.407. The number of halogens is 1. The highest BCUT2D eigenvalue weighted by Crippen LogP contribution is 2.18. The fourth-order valence-corrected chi connectivity index (χ4v) is 2.44. The van der Waals surface area contributed by atoms with E-state index in [1.54, 1.807) is 30.3 Å². The van der Waals surface area contributed by atoms with Gasteiger partial charge in [-0.2, -0.15) is 0 Å². The van der Waals surface area contributed by atoms with Crippen molar-refractivity contribution in [2.24, 2.45) is 0 Å². The zero-order valence-corrected chi connectivity index (χ0v) is 13.3. The zero-order chi connectivity index (χ0) is 16.4. The van der Waals surface area contributed by atoms with E-state index in [2.05, 4.69) is 5.32 Å². The molecule has 1 aliphatic heterocycles. The molecular formula is C18H15ClN2O2. The molecule has 4 nitrogen and oxygen atoms in total. The standard InChI is InChI=1S/C18H15ClN2O2/c1-12-2-4-14(5-3-12)11-21-17(22)16(20-18(21)23)10-13-6-8-15(19)9-7-13/h2-10H,11H2,1H3,(H,20,23). The smallest absolute Gasteiger partial charge is 0.303 e. The third-order valence-corrected chi connectivity index (χ3v) is 3.86. The second kappa shape index (κ2) is 6.26. The predicted octanol–water partition coefficient (Wildman–Crippen LogP) is 3.74. The maximum Gasteiger partial charge on any atom is 0.329 e. The van der Waals surface area contributed by atoms with Gasteiger partial charge in [0.1, 0.15) is 5.70 Å². The van der Waals surface area contributed by atoms with Gasteiger partial charge in [-0.25, -0.2) is 4.79 Å². The number of carbonyl (C=O) groups is 2. The SMILES string of the molecule is Cc1ccc(CN2C(=O)NC(=Cc3ccc(Cl)cc3)C2=O)cc1. The summed E-state index contributed by atoms with van der Waals surface area (Å²) in [6, 6.07) is 14.4. The van der Waals surface area contributed by atoms with Crippen molar-refractivity contribution >= 4 is 29.6 Å². The summed E-state index contributed by atoms with van der Waals surface area (Å²) in [6.07, 6.45) is 1.64. The van der Waals surface area contributed by atoms with Crippen LogP contribution in [0, 0.1) is 6.92 Å². The van der Waals surface area contributed by atoms with Gasteiger partial charge in [-0.05, 0) is 36.3 Å². The summed E-state index contributed by atoms with van der Waals surface area (Å²) >= 11 is 5.84. The van der Waals surface area contributed by atoms with Crippen LogP contribution in [-0.2, 0) is 11.3 Å². The van der Waals surface area contributed by atoms with Crippen molar-refractivity contribution in [3.63, 3.8) is 0 Å². The number of rotatable bonds is 3. The minimum absolute atomic E-state index is 0.253. The number of hydrogen-bond donors (Lipinski definition) is 1. The Hall–Kier alpha value is -2.59. The predicted molar refractivity (Wildman–Crippen MR) is 89.7 cm³/mol. The van der Waals surface area contributed by atoms with Gasteiger partial charge in [0.05, 0.1) is 6.54 Å². The largest absolute Gasteiger partial charge is 0.329 e. The Morgan fingerprint density at radius 1 is 1.04 bits per heavy atom. The summed E-state index contributed by atoms with van der Waals surface area (Å²) in [6.45, 7) is 2.24. The molecule has 0 radical (unpaired) electrons. The van der Waals surface area contributed by atoms with Gasteiger partial charge in [0.25, 0.3) is 5.91 Å². The molecule has 0 aromatic heterocycles. The first-order valence-electron chi connectivity index (χ1n) is 7.18. The second-order valence-corrected chi connectivity index (χ2v) is 5.85. The Labute approximate surface area is 139 Å². The first-order chi connectivity index (χ1) is 11.0. The normalized spacial score (nSPS) is 16.1. The number of hydrogen-bond acceptors (Lipinski definition) is 2. The van der Waals surface area contributed by atoms with Crippen LogP contribution in [-0.4, -0.2) is 16.8 Å². The van der Waals surface area contributed by atoms with Crippen molar-refractivity contribution < 1.29 is 9.59 Å². The van der Waals surface area contributed by atoms with E-state index in [0.29, 0.717) is 5.02 Å². The molecule has 0 aliphatic carbocycles. The maximum atomic E-state index is 12.4. The van der Waals surface area contributed by atoms with Gasteiger partial charge in [0, 0.05) is 5.02 Å². The second-order valence-electron chi connectivity index (χ2n) is 5.42. The first-order valence-corrected chi connectivity index (χ1v) is 7.56. The highest BCUT2D eigenvalue weighted by molar-refractivity contribution is 6.30. The third-order valence-electron chi connectivity index (χ3n) is 3.60. The Morgan fingerprint density at radius 2 is 1.70 bits per heavy atom. The summed E-state index contributed by atoms with van der Waals surface area (Å²) in [4.78, 5) is 25.7. The average Bonchev–Trinajstić information content (AvgIpc) is 2.79. The van der Waals surface area contributed by atoms with Gasteiger partial charge in [0.2, 0.25) is 0 Å². The van der Waals surface area contributed by atoms with E-state index in [-0.39, 0.29) is 18.1 Å². The molecule has 0 atom stereocenters. The molecule has 116 valence electrons. The van der Waals surface area contributed by atoms with Crippen LogP contribution in [0.5, 0.6) is 0 Å². The van der Waals surface area contributed by atoms with E-state index in [9.17, 15) is 9.59 Å². The molecule has 23 heavy (non-hydrogen) atoms. The Balaban J connectivity index is 1.79. The van der Waals surface area contributed by atoms with Gasteiger partial charge in [-0.15, -0.1) is 0 Å². The topological polar surface area (TPSA) is 49.4 Å². The van der Waals surface area contributed by atoms with E-state index < -0.39 is 6.03 Å². The van der Waals surface area contributed by atoms with Gasteiger partial charge >= 0.3 is 6.03 Å². The Bertz CT molecular complexity index is 780. The van der Waals surface area contributed by atoms with Crippen LogP contribution in [0.15, 0.2) is 54.2 Å². The molecule has 2 aromatic carbocycles. The number of carbonyl (C=O) groups excluding carboxylic acids is 2. The molecule has 0 saturated carbocycles. The van der Waals surface area contributed by atoms with Gasteiger partial charge in [-0.3, -0.25) is 9.69 Å². The number of benzene rings is 2. The summed E-state index contributed by atoms with van der Waals surface area (Å²) in [5.41, 5.74) is 3.11. The lowest BCUT2D eigenvalue weighted by Gasteiger charge is -2.11. The highest BCUT2D eigenvalue weighted by atomic mass is 35.5. The van der Waals surface area contributed by atoms with Crippen molar-refractivity contribution in [2.75, 3.05) is 0 Å². The zero-order valence-electron chi connectivity index (χ0n) is 12.5. The quantitative estimate of drug-likeness (QED) is 0.690. The van der Waals surface area contributed by atoms with E-state index >= 15 is 0 Å². The number of amides is 3. The van der Waals surface area contributed by atoms with Crippen molar-refractivity contribution in [1.29, 1.82) is 0 Å². The summed E-state index contributed by atoms with van der Waals surface area (Å²) in [5, 5.41) is 3.23. The highest BCUT2D eigenvalue weighted by Gasteiger charge is 2.33. The maximum absolute atomic E-state index is 12.4. The van der Waals surface area contributed by atoms with E-state index in [1.165, 1.54) is 4.90 Å². The number of urea groups is 1. The molecule has 3 amide bonds. The van der Waals surface area contributed by atoms with Crippen molar-refractivity contribution in [3.05, 3.63) is 75.9 Å². The van der Waals surface area contributed by atoms with Gasteiger partial charge in [-0.1, -0.05) is 53.6 Å². The molecule has 1 fully saturated rings. The van der Waals surface area contributed by atoms with Gasteiger partial charge < -0.3 is 5.32 Å². The van der Waals surface area contributed by atoms with E-state index in [4.69, 9.17) is 11.6 Å². The van der Waals surface area contributed by atoms with Crippen LogP contribution in [0.4, 0.5) is 4.79 Å². The fourth-order valence-electron chi connectivity index (χ4n) is 2.32. The summed E-state index contributed by atoms with van der Waals surface area (Å²) < 4.78 is 0. The molecule has 1 saturated heterocycles. The molecule has 3 rings (SSSR count). The third kappa shape index (κ3) is 3.43. The molecule has 0 unspecified atom stereocenters. The molecule has 1 aliphatic rings. The van der Waals surface area contributed by atoms with E-state index in [0.717, 1.165) is 16.7 Å². The van der Waals surface area contributed by atoms with Crippen molar-refractivity contribution in [3.8, 4) is 0 Å². The van der Waals surface area contributed by atoms with Crippen LogP contribution in [0.25, 0.3) is 6.08 Å². The minimum Gasteiger partial charge on any atom is -0.303 e. The lowest BCUT2D eigenvalue weighted by atomic mass is 10.1. The van der Waals surface area contributed by atoms with Crippen molar-refractivity contribution in [1.82, 2.24) is 10.2 Å². The van der Waals surface area contributed by atoms with Crippen LogP contribution < -0.4 is 5.32 Å². The molecule has 0 spiro atoms. The molecule has 2 aromatic rings. The molecule has 0 bridgehead atoms. The number of nitrogens with one attached hydrogen (secondary N) is 1. The molecule has 1 heterocycles. The number of aryl methyl sites for hydroxylation is 1. The first kappa shape index (κ1) is 15.3. The summed E-state index contributed by atoms with van der Waals surface area (Å²) in [7, 11) is 0. The van der Waals surface area contributed by atoms with E-state index in [1.807, 2.05) is 31.2 Å².